The third-order valence-corrected chi connectivity index (χ3v) is 11.0. The maximum Gasteiger partial charge on any atom is 0.238 e. The Hall–Kier alpha value is -4.80. The Labute approximate surface area is 291 Å². The van der Waals surface area contributed by atoms with E-state index in [2.05, 4.69) is 20.8 Å². The highest BCUT2D eigenvalue weighted by Gasteiger charge is 2.57. The van der Waals surface area contributed by atoms with E-state index in [0.29, 0.717) is 54.4 Å². The van der Waals surface area contributed by atoms with Gasteiger partial charge < -0.3 is 19.5 Å². The molecule has 49 heavy (non-hydrogen) atoms. The van der Waals surface area contributed by atoms with Crippen molar-refractivity contribution in [3.8, 4) is 11.5 Å². The number of hydrogen-bond acceptors (Lipinski definition) is 8. The zero-order valence-electron chi connectivity index (χ0n) is 26.5. The topological polar surface area (TPSA) is 113 Å². The van der Waals surface area contributed by atoms with Crippen molar-refractivity contribution in [1.82, 2.24) is 0 Å². The van der Waals surface area contributed by atoms with Crippen molar-refractivity contribution in [2.75, 3.05) is 36.1 Å². The zero-order chi connectivity index (χ0) is 33.8. The van der Waals surface area contributed by atoms with Gasteiger partial charge in [-0.05, 0) is 70.6 Å². The van der Waals surface area contributed by atoms with Gasteiger partial charge in [0.05, 0.1) is 35.2 Å². The van der Waals surface area contributed by atoms with E-state index in [4.69, 9.17) is 9.47 Å². The molecule has 8 rings (SSSR count). The van der Waals surface area contributed by atoms with Crippen LogP contribution < -0.4 is 14.5 Å². The van der Waals surface area contributed by atoms with Crippen LogP contribution in [0.1, 0.15) is 29.9 Å². The van der Waals surface area contributed by atoms with E-state index in [-0.39, 0.29) is 40.0 Å². The number of aromatic hydroxyl groups is 1. The maximum absolute atomic E-state index is 14.3. The molecule has 3 aromatic carbocycles. The fraction of sp³-hybridized carbons (Fsp3) is 0.282. The molecular weight excluding hydrogens is 688 g/mol. The summed E-state index contributed by atoms with van der Waals surface area (Å²) in [6, 6.07) is 22.1. The Bertz CT molecular complexity index is 1980. The molecular formula is C39H33BrN2O7. The van der Waals surface area contributed by atoms with Gasteiger partial charge >= 0.3 is 0 Å². The molecule has 0 saturated carbocycles. The van der Waals surface area contributed by atoms with Crippen LogP contribution in [0.2, 0.25) is 0 Å². The van der Waals surface area contributed by atoms with E-state index in [1.165, 1.54) is 17.0 Å². The number of allylic oxidation sites excluding steroid dienone is 6. The molecule has 0 spiro atoms. The minimum Gasteiger partial charge on any atom is -0.507 e. The number of carbonyl (C=O) groups excluding carboxylic acids is 4. The lowest BCUT2D eigenvalue weighted by Gasteiger charge is -2.42. The molecule has 3 aliphatic carbocycles. The first-order chi connectivity index (χ1) is 23.8. The van der Waals surface area contributed by atoms with E-state index < -0.39 is 23.7 Å². The van der Waals surface area contributed by atoms with Crippen molar-refractivity contribution < 1.29 is 33.8 Å². The van der Waals surface area contributed by atoms with Gasteiger partial charge in [-0.25, -0.2) is 0 Å². The van der Waals surface area contributed by atoms with Crippen LogP contribution in [-0.4, -0.2) is 54.8 Å². The number of rotatable bonds is 6. The first kappa shape index (κ1) is 31.5. The minimum atomic E-state index is -0.768. The Kier molecular flexibility index (Phi) is 8.08. The van der Waals surface area contributed by atoms with Crippen LogP contribution in [0.3, 0.4) is 0 Å². The number of phenols is 1. The standard InChI is InChI=1S/C39H33BrN2O7/c40-31-20-33(44)36-30(37(31)45)19-29-26(34(36)27-11-10-25(18-32(27)43)49-21-22-4-2-1-3-5-22)12-13-28-35(29)39(47)42(38(28)46)24-8-6-23(7-9-24)41-14-16-48-17-15-41/h1-12,18,20,28-29,34-35,43H,13-17,19,21H2. The molecule has 0 aromatic heterocycles. The summed E-state index contributed by atoms with van der Waals surface area (Å²) < 4.78 is 11.6. The predicted molar refractivity (Wildman–Crippen MR) is 185 cm³/mol. The average molecular weight is 722 g/mol. The van der Waals surface area contributed by atoms with Gasteiger partial charge in [0.25, 0.3) is 0 Å². The predicted octanol–water partition coefficient (Wildman–Crippen LogP) is 5.77. The molecule has 9 nitrogen and oxygen atoms in total. The van der Waals surface area contributed by atoms with Crippen LogP contribution in [0.5, 0.6) is 11.5 Å². The number of fused-ring (bicyclic) bond motifs is 3. The number of phenolic OH excluding ortho intramolecular Hbond substituents is 1. The van der Waals surface area contributed by atoms with Gasteiger partial charge in [-0.15, -0.1) is 0 Å². The van der Waals surface area contributed by atoms with Gasteiger partial charge in [0, 0.05) is 53.5 Å². The molecule has 3 aromatic rings. The number of hydrogen-bond donors (Lipinski definition) is 1. The van der Waals surface area contributed by atoms with Gasteiger partial charge in [-0.2, -0.15) is 0 Å². The number of ketones is 2. The lowest BCUT2D eigenvalue weighted by molar-refractivity contribution is -0.123. The molecule has 2 heterocycles. The zero-order valence-corrected chi connectivity index (χ0v) is 28.1. The smallest absolute Gasteiger partial charge is 0.238 e. The summed E-state index contributed by atoms with van der Waals surface area (Å²) >= 11 is 3.27. The molecule has 4 atom stereocenters. The lowest BCUT2D eigenvalue weighted by Crippen LogP contribution is -2.39. The molecule has 2 aliphatic heterocycles. The highest BCUT2D eigenvalue weighted by molar-refractivity contribution is 9.12. The van der Waals surface area contributed by atoms with Crippen LogP contribution in [0, 0.1) is 17.8 Å². The molecule has 248 valence electrons. The number of benzene rings is 3. The second kappa shape index (κ2) is 12.6. The fourth-order valence-electron chi connectivity index (χ4n) is 8.05. The SMILES string of the molecule is O=C1C=C(Br)C(=O)C2=C1C(c1ccc(OCc3ccccc3)cc1O)C1=CCC3C(=O)N(c4ccc(N5CCOCC5)cc4)C(=O)C3C1C2. The second-order valence-corrected chi connectivity index (χ2v) is 13.9. The molecule has 0 bridgehead atoms. The van der Waals surface area contributed by atoms with Crippen molar-refractivity contribution in [3.05, 3.63) is 117 Å². The monoisotopic (exact) mass is 720 g/mol. The summed E-state index contributed by atoms with van der Waals surface area (Å²) in [5.74, 6) is -3.47. The third-order valence-electron chi connectivity index (χ3n) is 10.4. The van der Waals surface area contributed by atoms with Gasteiger partial charge in [0.15, 0.2) is 11.6 Å². The summed E-state index contributed by atoms with van der Waals surface area (Å²) in [5, 5.41) is 11.4. The van der Waals surface area contributed by atoms with Crippen LogP contribution in [0.4, 0.5) is 11.4 Å². The minimum absolute atomic E-state index is 0.0873. The normalized spacial score (nSPS) is 25.1. The fourth-order valence-corrected chi connectivity index (χ4v) is 8.50. The first-order valence-corrected chi connectivity index (χ1v) is 17.3. The molecule has 0 radical (unpaired) electrons. The van der Waals surface area contributed by atoms with Gasteiger partial charge in [0.2, 0.25) is 11.8 Å². The van der Waals surface area contributed by atoms with Crippen LogP contribution >= 0.6 is 15.9 Å². The van der Waals surface area contributed by atoms with Crippen molar-refractivity contribution in [1.29, 1.82) is 0 Å². The van der Waals surface area contributed by atoms with Crippen molar-refractivity contribution >= 4 is 50.7 Å². The highest BCUT2D eigenvalue weighted by Crippen LogP contribution is 2.56. The largest absolute Gasteiger partial charge is 0.507 e. The van der Waals surface area contributed by atoms with Gasteiger partial charge in [-0.3, -0.25) is 24.1 Å². The molecule has 5 aliphatic rings. The Morgan fingerprint density at radius 1 is 0.878 bits per heavy atom. The van der Waals surface area contributed by atoms with Crippen molar-refractivity contribution in [3.63, 3.8) is 0 Å². The summed E-state index contributed by atoms with van der Waals surface area (Å²) in [7, 11) is 0. The Morgan fingerprint density at radius 2 is 1.61 bits per heavy atom. The highest BCUT2D eigenvalue weighted by atomic mass is 79.9. The van der Waals surface area contributed by atoms with Gasteiger partial charge in [0.1, 0.15) is 18.1 Å². The Morgan fingerprint density at radius 3 is 2.35 bits per heavy atom. The van der Waals surface area contributed by atoms with Crippen LogP contribution in [0.15, 0.2) is 106 Å². The molecule has 2 fully saturated rings. The van der Waals surface area contributed by atoms with Gasteiger partial charge in [-0.1, -0.05) is 48.0 Å². The van der Waals surface area contributed by atoms with E-state index in [9.17, 15) is 24.3 Å². The van der Waals surface area contributed by atoms with Crippen molar-refractivity contribution in [2.24, 2.45) is 17.8 Å². The molecule has 2 saturated heterocycles. The van der Waals surface area contributed by atoms with E-state index in [1.54, 1.807) is 24.3 Å². The van der Waals surface area contributed by atoms with E-state index >= 15 is 0 Å². The average Bonchev–Trinajstić information content (AvgIpc) is 3.39. The number of halogens is 1. The Balaban J connectivity index is 1.13. The maximum atomic E-state index is 14.3. The van der Waals surface area contributed by atoms with Crippen LogP contribution in [0.25, 0.3) is 0 Å². The summed E-state index contributed by atoms with van der Waals surface area (Å²) in [6.45, 7) is 3.14. The first-order valence-electron chi connectivity index (χ1n) is 16.5. The van der Waals surface area contributed by atoms with Crippen molar-refractivity contribution in [2.45, 2.75) is 25.4 Å². The second-order valence-electron chi connectivity index (χ2n) is 13.0. The number of anilines is 2. The van der Waals surface area contributed by atoms with Crippen LogP contribution in [-0.2, 0) is 30.5 Å². The number of Topliss-reactive ketones (excluding diaryl/α,β-unsaturated/α-hetero) is 1. The summed E-state index contributed by atoms with van der Waals surface area (Å²) in [5.41, 5.74) is 4.30. The quantitative estimate of drug-likeness (QED) is 0.194. The molecule has 2 amide bonds. The molecule has 4 unspecified atom stereocenters. The third kappa shape index (κ3) is 5.43. The number of nitrogens with zero attached hydrogens (tertiary/aromatic N) is 2. The number of imide groups is 1. The number of morpholine rings is 1. The number of carbonyl (C=O) groups is 4. The molecule has 1 N–H and O–H groups in total. The summed E-state index contributed by atoms with van der Waals surface area (Å²) in [6.07, 6.45) is 3.68. The number of amides is 2. The number of ether oxygens (including phenoxy) is 2. The molecule has 10 heteroatoms. The van der Waals surface area contributed by atoms with E-state index in [0.717, 1.165) is 29.9 Å². The lowest BCUT2D eigenvalue weighted by atomic mass is 9.59. The summed E-state index contributed by atoms with van der Waals surface area (Å²) in [4.78, 5) is 58.9. The van der Waals surface area contributed by atoms with E-state index in [1.807, 2.05) is 48.5 Å².